The lowest BCUT2D eigenvalue weighted by molar-refractivity contribution is -0.109. The first-order chi connectivity index (χ1) is 14.7. The number of ether oxygens (including phenoxy) is 2. The van der Waals surface area contributed by atoms with Crippen LogP contribution in [0.5, 0.6) is 5.75 Å². The lowest BCUT2D eigenvalue weighted by atomic mass is 9.98. The summed E-state index contributed by atoms with van der Waals surface area (Å²) in [5.41, 5.74) is 1.68. The highest BCUT2D eigenvalue weighted by Gasteiger charge is 2.37. The van der Waals surface area contributed by atoms with E-state index >= 15 is 0 Å². The number of thiazole rings is 1. The Morgan fingerprint density at radius 1 is 1.26 bits per heavy atom. The summed E-state index contributed by atoms with van der Waals surface area (Å²) >= 11 is 1.31. The molecular formula is C22H24N4O4S. The van der Waals surface area contributed by atoms with E-state index in [-0.39, 0.29) is 11.7 Å². The van der Waals surface area contributed by atoms with Gasteiger partial charge in [0, 0.05) is 0 Å². The number of ketones is 1. The smallest absolute Gasteiger partial charge is 0.413 e. The van der Waals surface area contributed by atoms with Crippen LogP contribution in [0.1, 0.15) is 42.8 Å². The number of amides is 1. The van der Waals surface area contributed by atoms with Crippen LogP contribution < -0.4 is 10.1 Å². The number of hydrogen-bond acceptors (Lipinski definition) is 8. The predicted octanol–water partition coefficient (Wildman–Crippen LogP) is 4.05. The van der Waals surface area contributed by atoms with Gasteiger partial charge in [-0.05, 0) is 50.6 Å². The lowest BCUT2D eigenvalue weighted by Gasteiger charge is -2.19. The topological polar surface area (TPSA) is 93.1 Å². The number of hydrazone groups is 1. The molecule has 4 rings (SSSR count). The van der Waals surface area contributed by atoms with Crippen LogP contribution in [0.25, 0.3) is 6.08 Å². The minimum Gasteiger partial charge on any atom is -0.497 e. The van der Waals surface area contributed by atoms with Gasteiger partial charge in [-0.15, -0.1) is 0 Å². The van der Waals surface area contributed by atoms with Gasteiger partial charge >= 0.3 is 6.09 Å². The van der Waals surface area contributed by atoms with Crippen LogP contribution in [0.15, 0.2) is 35.4 Å². The van der Waals surface area contributed by atoms with E-state index in [1.807, 2.05) is 29.3 Å². The van der Waals surface area contributed by atoms with Crippen molar-refractivity contribution >= 4 is 40.1 Å². The minimum absolute atomic E-state index is 0.117. The molecule has 0 saturated heterocycles. The number of hydrogen-bond donors (Lipinski definition) is 1. The molecule has 1 unspecified atom stereocenters. The summed E-state index contributed by atoms with van der Waals surface area (Å²) in [6, 6.07) is 7.76. The van der Waals surface area contributed by atoms with E-state index < -0.39 is 11.7 Å². The Morgan fingerprint density at radius 3 is 2.68 bits per heavy atom. The molecule has 1 aliphatic carbocycles. The molecule has 0 saturated carbocycles. The van der Waals surface area contributed by atoms with E-state index in [2.05, 4.69) is 15.4 Å². The van der Waals surface area contributed by atoms with Crippen LogP contribution in [0.4, 0.5) is 9.93 Å². The van der Waals surface area contributed by atoms with Gasteiger partial charge in [-0.3, -0.25) is 15.1 Å². The summed E-state index contributed by atoms with van der Waals surface area (Å²) in [7, 11) is 1.63. The zero-order chi connectivity index (χ0) is 22.2. The summed E-state index contributed by atoms with van der Waals surface area (Å²) in [6.45, 7) is 6.52. The predicted molar refractivity (Wildman–Crippen MR) is 120 cm³/mol. The largest absolute Gasteiger partial charge is 0.497 e. The summed E-state index contributed by atoms with van der Waals surface area (Å²) in [5.74, 6) is 0.425. The van der Waals surface area contributed by atoms with Gasteiger partial charge in [0.2, 0.25) is 5.78 Å². The first-order valence-electron chi connectivity index (χ1n) is 9.91. The molecule has 2 aromatic rings. The van der Waals surface area contributed by atoms with Crippen molar-refractivity contribution in [2.75, 3.05) is 19.0 Å². The molecule has 162 valence electrons. The number of rotatable bonds is 4. The van der Waals surface area contributed by atoms with Crippen LogP contribution in [0, 0.1) is 0 Å². The molecule has 1 amide bonds. The highest BCUT2D eigenvalue weighted by atomic mass is 32.1. The van der Waals surface area contributed by atoms with E-state index in [9.17, 15) is 9.59 Å². The van der Waals surface area contributed by atoms with Gasteiger partial charge in [0.1, 0.15) is 17.1 Å². The van der Waals surface area contributed by atoms with Crippen molar-refractivity contribution in [2.24, 2.45) is 5.10 Å². The second-order valence-electron chi connectivity index (χ2n) is 8.33. The van der Waals surface area contributed by atoms with Gasteiger partial charge in [0.15, 0.2) is 5.13 Å². The van der Waals surface area contributed by atoms with Gasteiger partial charge in [0.25, 0.3) is 0 Å². The van der Waals surface area contributed by atoms with Crippen LogP contribution in [0.3, 0.4) is 0 Å². The van der Waals surface area contributed by atoms with Crippen molar-refractivity contribution in [3.05, 3.63) is 46.5 Å². The number of aromatic nitrogens is 1. The van der Waals surface area contributed by atoms with Gasteiger partial charge < -0.3 is 9.47 Å². The van der Waals surface area contributed by atoms with Crippen LogP contribution in [-0.2, 0) is 16.1 Å². The fourth-order valence-corrected chi connectivity index (χ4v) is 4.35. The van der Waals surface area contributed by atoms with Crippen molar-refractivity contribution < 1.29 is 19.1 Å². The molecule has 31 heavy (non-hydrogen) atoms. The van der Waals surface area contributed by atoms with E-state index in [0.717, 1.165) is 21.9 Å². The number of nitrogens with one attached hydrogen (secondary N) is 1. The van der Waals surface area contributed by atoms with E-state index in [1.54, 1.807) is 34.0 Å². The average Bonchev–Trinajstić information content (AvgIpc) is 3.26. The Kier molecular flexibility index (Phi) is 5.53. The molecule has 8 nitrogen and oxygen atoms in total. The van der Waals surface area contributed by atoms with Crippen LogP contribution >= 0.6 is 11.3 Å². The summed E-state index contributed by atoms with van der Waals surface area (Å²) in [4.78, 5) is 30.1. The number of anilines is 1. The monoisotopic (exact) mass is 440 g/mol. The van der Waals surface area contributed by atoms with Crippen molar-refractivity contribution in [3.8, 4) is 5.75 Å². The number of carbonyl (C=O) groups excluding carboxylic acids is 2. The third kappa shape index (κ3) is 4.77. The van der Waals surface area contributed by atoms with Crippen LogP contribution in [0.2, 0.25) is 0 Å². The molecule has 1 atom stereocenters. The van der Waals surface area contributed by atoms with Gasteiger partial charge in [0.05, 0.1) is 36.7 Å². The van der Waals surface area contributed by atoms with Gasteiger partial charge in [-0.2, -0.15) is 5.10 Å². The molecule has 9 heteroatoms. The molecular weight excluding hydrogens is 416 g/mol. The molecule has 0 bridgehead atoms. The molecule has 1 aromatic carbocycles. The first kappa shape index (κ1) is 21.0. The van der Waals surface area contributed by atoms with Gasteiger partial charge in [-0.1, -0.05) is 23.5 Å². The fourth-order valence-electron chi connectivity index (χ4n) is 3.43. The second-order valence-corrected chi connectivity index (χ2v) is 9.36. The first-order valence-corrected chi connectivity index (χ1v) is 10.7. The quantitative estimate of drug-likeness (QED) is 0.771. The highest BCUT2D eigenvalue weighted by Crippen LogP contribution is 2.36. The number of benzene rings is 1. The Hall–Kier alpha value is -3.20. The van der Waals surface area contributed by atoms with Crippen molar-refractivity contribution in [3.63, 3.8) is 0 Å². The summed E-state index contributed by atoms with van der Waals surface area (Å²) in [6.07, 6.45) is 2.70. The van der Waals surface area contributed by atoms with Crippen molar-refractivity contribution in [1.82, 2.24) is 9.99 Å². The molecule has 0 spiro atoms. The minimum atomic E-state index is -0.599. The SMILES string of the molecule is COc1ccc(CN2CC3C(=N2)C(=O)C=Cc2sc(NC(=O)OC(C)(C)C)nc23)cc1. The zero-order valence-electron chi connectivity index (χ0n) is 17.8. The fraction of sp³-hybridized carbons (Fsp3) is 0.364. The third-order valence-corrected chi connectivity index (χ3v) is 5.71. The number of allylic oxidation sites excluding steroid dienone is 1. The maximum absolute atomic E-state index is 12.6. The summed E-state index contributed by atoms with van der Waals surface area (Å²) < 4.78 is 10.5. The Morgan fingerprint density at radius 2 is 2.00 bits per heavy atom. The summed E-state index contributed by atoms with van der Waals surface area (Å²) in [5, 5.41) is 9.58. The number of carbonyl (C=O) groups is 2. The molecule has 0 fully saturated rings. The lowest BCUT2D eigenvalue weighted by Crippen LogP contribution is -2.27. The van der Waals surface area contributed by atoms with Crippen molar-refractivity contribution in [1.29, 1.82) is 0 Å². The maximum Gasteiger partial charge on any atom is 0.413 e. The standard InChI is InChI=1S/C22H24N4O4S/c1-22(2,3)30-21(28)24-20-23-19-15-12-26(11-13-5-7-14(29-4)8-6-13)25-18(15)16(27)9-10-17(19)31-20/h5-10,15H,11-12H2,1-4H3,(H,23,24,28). The Balaban J connectivity index is 1.52. The van der Waals surface area contributed by atoms with E-state index in [4.69, 9.17) is 9.47 Å². The number of fused-ring (bicyclic) bond motifs is 3. The van der Waals surface area contributed by atoms with E-state index in [0.29, 0.717) is 23.9 Å². The number of methoxy groups -OCH3 is 1. The molecule has 0 radical (unpaired) electrons. The molecule has 1 aromatic heterocycles. The zero-order valence-corrected chi connectivity index (χ0v) is 18.7. The number of nitrogens with zero attached hydrogens (tertiary/aromatic N) is 3. The third-order valence-electron chi connectivity index (χ3n) is 4.75. The van der Waals surface area contributed by atoms with Gasteiger partial charge in [-0.25, -0.2) is 9.78 Å². The molecule has 1 N–H and O–H groups in total. The maximum atomic E-state index is 12.6. The second kappa shape index (κ2) is 8.14. The van der Waals surface area contributed by atoms with Crippen molar-refractivity contribution in [2.45, 2.75) is 38.8 Å². The highest BCUT2D eigenvalue weighted by molar-refractivity contribution is 7.16. The van der Waals surface area contributed by atoms with Crippen LogP contribution in [-0.4, -0.2) is 46.8 Å². The Bertz CT molecular complexity index is 1070. The molecule has 1 aliphatic heterocycles. The molecule has 2 heterocycles. The molecule has 2 aliphatic rings. The Labute approximate surface area is 184 Å². The van der Waals surface area contributed by atoms with E-state index in [1.165, 1.54) is 17.4 Å². The average molecular weight is 441 g/mol. The normalized spacial score (nSPS) is 17.5.